The molecule has 104 valence electrons. The van der Waals surface area contributed by atoms with E-state index in [2.05, 4.69) is 10.6 Å². The zero-order chi connectivity index (χ0) is 13.2. The molecule has 0 aromatic rings. The fourth-order valence-corrected chi connectivity index (χ4v) is 5.04. The third-order valence-electron chi connectivity index (χ3n) is 3.66. The molecule has 2 N–H and O–H groups in total. The summed E-state index contributed by atoms with van der Waals surface area (Å²) < 4.78 is 28.9. The van der Waals surface area contributed by atoms with Gasteiger partial charge in [0, 0.05) is 13.7 Å². The molecule has 6 nitrogen and oxygen atoms in total. The fraction of sp³-hybridized carbons (Fsp3) is 0.909. The molecule has 0 radical (unpaired) electrons. The van der Waals surface area contributed by atoms with Crippen molar-refractivity contribution < 1.29 is 17.9 Å². The summed E-state index contributed by atoms with van der Waals surface area (Å²) in [6.07, 6.45) is 3.38. The van der Waals surface area contributed by atoms with Gasteiger partial charge in [0.1, 0.15) is 0 Å². The van der Waals surface area contributed by atoms with Crippen LogP contribution < -0.4 is 10.6 Å². The van der Waals surface area contributed by atoms with Crippen LogP contribution in [0.4, 0.5) is 4.79 Å². The first kappa shape index (κ1) is 13.6. The highest BCUT2D eigenvalue weighted by atomic mass is 32.2. The number of fused-ring (bicyclic) bond motifs is 1. The van der Waals surface area contributed by atoms with Crippen LogP contribution in [0, 0.1) is 0 Å². The molecule has 0 aromatic carbocycles. The van der Waals surface area contributed by atoms with Crippen LogP contribution >= 0.6 is 0 Å². The highest BCUT2D eigenvalue weighted by molar-refractivity contribution is 7.92. The molecule has 0 aliphatic carbocycles. The van der Waals surface area contributed by atoms with Gasteiger partial charge in [0.25, 0.3) is 0 Å². The van der Waals surface area contributed by atoms with Crippen LogP contribution in [-0.4, -0.2) is 51.3 Å². The molecular weight excluding hydrogens is 256 g/mol. The van der Waals surface area contributed by atoms with Crippen molar-refractivity contribution in [2.24, 2.45) is 0 Å². The molecule has 2 fully saturated rings. The van der Waals surface area contributed by atoms with Gasteiger partial charge in [-0.1, -0.05) is 12.8 Å². The van der Waals surface area contributed by atoms with E-state index in [1.165, 1.54) is 0 Å². The topological polar surface area (TPSA) is 84.5 Å². The van der Waals surface area contributed by atoms with E-state index in [4.69, 9.17) is 4.74 Å². The number of ether oxygens (including phenoxy) is 1. The first-order valence-corrected chi connectivity index (χ1v) is 8.03. The van der Waals surface area contributed by atoms with E-state index < -0.39 is 15.1 Å². The van der Waals surface area contributed by atoms with Crippen molar-refractivity contribution in [3.05, 3.63) is 0 Å². The number of carbonyl (C=O) groups is 1. The number of nitrogens with one attached hydrogen (secondary N) is 2. The average molecular weight is 276 g/mol. The summed E-state index contributed by atoms with van der Waals surface area (Å²) >= 11 is 0. The van der Waals surface area contributed by atoms with Crippen LogP contribution in [0.2, 0.25) is 0 Å². The van der Waals surface area contributed by atoms with Crippen molar-refractivity contribution in [2.45, 2.75) is 43.0 Å². The first-order valence-electron chi connectivity index (χ1n) is 6.32. The minimum atomic E-state index is -3.07. The summed E-state index contributed by atoms with van der Waals surface area (Å²) in [4.78, 5) is 11.2. The Morgan fingerprint density at radius 2 is 2.06 bits per heavy atom. The molecule has 18 heavy (non-hydrogen) atoms. The molecule has 2 aliphatic rings. The maximum absolute atomic E-state index is 12.0. The summed E-state index contributed by atoms with van der Waals surface area (Å²) in [5.41, 5.74) is 0. The van der Waals surface area contributed by atoms with Gasteiger partial charge in [0.05, 0.1) is 23.1 Å². The standard InChI is InChI=1S/C11H20N2O4S/c1-17-6-4-2-3-5-9-10-8(7-18(9,15)16)12-11(14)13-10/h8-10H,2-7H2,1H3,(H2,12,13,14). The third-order valence-corrected chi connectivity index (χ3v) is 5.93. The predicted octanol–water partition coefficient (Wildman–Crippen LogP) is 0.0402. The van der Waals surface area contributed by atoms with Crippen LogP contribution in [0.3, 0.4) is 0 Å². The molecule has 0 saturated carbocycles. The second-order valence-electron chi connectivity index (χ2n) is 4.96. The number of amides is 2. The Balaban J connectivity index is 1.87. The van der Waals surface area contributed by atoms with Crippen LogP contribution in [0.25, 0.3) is 0 Å². The van der Waals surface area contributed by atoms with Crippen molar-refractivity contribution >= 4 is 15.9 Å². The largest absolute Gasteiger partial charge is 0.385 e. The molecule has 7 heteroatoms. The Labute approximate surface area is 107 Å². The van der Waals surface area contributed by atoms with E-state index in [1.54, 1.807) is 7.11 Å². The normalized spacial score (nSPS) is 32.9. The van der Waals surface area contributed by atoms with Crippen molar-refractivity contribution in [2.75, 3.05) is 19.5 Å². The lowest BCUT2D eigenvalue weighted by Crippen LogP contribution is -2.39. The third kappa shape index (κ3) is 2.77. The summed E-state index contributed by atoms with van der Waals surface area (Å²) in [5, 5.41) is 4.96. The van der Waals surface area contributed by atoms with Gasteiger partial charge in [-0.25, -0.2) is 13.2 Å². The van der Waals surface area contributed by atoms with Gasteiger partial charge in [0.2, 0.25) is 0 Å². The van der Waals surface area contributed by atoms with Crippen molar-refractivity contribution in [3.8, 4) is 0 Å². The van der Waals surface area contributed by atoms with Crippen LogP contribution in [0.5, 0.6) is 0 Å². The lowest BCUT2D eigenvalue weighted by atomic mass is 10.0. The van der Waals surface area contributed by atoms with E-state index in [0.717, 1.165) is 19.3 Å². The number of rotatable bonds is 6. The molecule has 3 unspecified atom stereocenters. The summed E-state index contributed by atoms with van der Waals surface area (Å²) in [6, 6.07) is -0.735. The first-order chi connectivity index (χ1) is 8.54. The van der Waals surface area contributed by atoms with Crippen LogP contribution in [0.15, 0.2) is 0 Å². The van der Waals surface area contributed by atoms with Gasteiger partial charge in [-0.15, -0.1) is 0 Å². The highest BCUT2D eigenvalue weighted by Gasteiger charge is 2.51. The Morgan fingerprint density at radius 3 is 2.78 bits per heavy atom. The monoisotopic (exact) mass is 276 g/mol. The maximum atomic E-state index is 12.0. The van der Waals surface area contributed by atoms with Crippen LogP contribution in [0.1, 0.15) is 25.7 Å². The Bertz CT molecular complexity index is 409. The maximum Gasteiger partial charge on any atom is 0.315 e. The molecule has 3 atom stereocenters. The number of sulfone groups is 1. The number of unbranched alkanes of at least 4 members (excludes halogenated alkanes) is 2. The lowest BCUT2D eigenvalue weighted by molar-refractivity contribution is 0.192. The van der Waals surface area contributed by atoms with E-state index in [0.29, 0.717) is 13.0 Å². The second-order valence-corrected chi connectivity index (χ2v) is 7.22. The van der Waals surface area contributed by atoms with Gasteiger partial charge in [0.15, 0.2) is 9.84 Å². The zero-order valence-electron chi connectivity index (χ0n) is 10.5. The number of hydrogen-bond acceptors (Lipinski definition) is 4. The number of carbonyl (C=O) groups excluding carboxylic acids is 1. The van der Waals surface area contributed by atoms with Gasteiger partial charge in [-0.05, 0) is 12.8 Å². The van der Waals surface area contributed by atoms with E-state index >= 15 is 0 Å². The molecular formula is C11H20N2O4S. The predicted molar refractivity (Wildman–Crippen MR) is 67.2 cm³/mol. The van der Waals surface area contributed by atoms with E-state index in [9.17, 15) is 13.2 Å². The minimum Gasteiger partial charge on any atom is -0.385 e. The van der Waals surface area contributed by atoms with E-state index in [1.807, 2.05) is 0 Å². The quantitative estimate of drug-likeness (QED) is 0.530. The van der Waals surface area contributed by atoms with Crippen LogP contribution in [-0.2, 0) is 14.6 Å². The van der Waals surface area contributed by atoms with Crippen molar-refractivity contribution in [1.82, 2.24) is 10.6 Å². The SMILES string of the molecule is COCCCCCC1C2NC(=O)NC2CS1(=O)=O. The number of hydrogen-bond donors (Lipinski definition) is 2. The summed E-state index contributed by atoms with van der Waals surface area (Å²) in [6.45, 7) is 0.710. The smallest absolute Gasteiger partial charge is 0.315 e. The van der Waals surface area contributed by atoms with Gasteiger partial charge in [-0.3, -0.25) is 0 Å². The zero-order valence-corrected chi connectivity index (χ0v) is 11.3. The molecule has 2 heterocycles. The summed E-state index contributed by atoms with van der Waals surface area (Å²) in [5.74, 6) is 0.0686. The minimum absolute atomic E-state index is 0.0686. The van der Waals surface area contributed by atoms with Gasteiger partial charge < -0.3 is 15.4 Å². The fourth-order valence-electron chi connectivity index (χ4n) is 2.77. The molecule has 2 rings (SSSR count). The number of urea groups is 1. The Morgan fingerprint density at radius 1 is 1.28 bits per heavy atom. The van der Waals surface area contributed by atoms with Gasteiger partial charge >= 0.3 is 6.03 Å². The second kappa shape index (κ2) is 5.44. The Kier molecular flexibility index (Phi) is 4.11. The van der Waals surface area contributed by atoms with Gasteiger partial charge in [-0.2, -0.15) is 0 Å². The molecule has 0 spiro atoms. The summed E-state index contributed by atoms with van der Waals surface area (Å²) in [7, 11) is -1.41. The molecule has 0 bridgehead atoms. The Hall–Kier alpha value is -0.820. The average Bonchev–Trinajstić information content (AvgIpc) is 2.72. The van der Waals surface area contributed by atoms with E-state index in [-0.39, 0.29) is 23.9 Å². The molecule has 2 amide bonds. The number of methoxy groups -OCH3 is 1. The molecule has 0 aromatic heterocycles. The van der Waals surface area contributed by atoms with Crippen molar-refractivity contribution in [3.63, 3.8) is 0 Å². The highest BCUT2D eigenvalue weighted by Crippen LogP contribution is 2.28. The molecule has 2 saturated heterocycles. The lowest BCUT2D eigenvalue weighted by Gasteiger charge is -2.16. The molecule has 2 aliphatic heterocycles. The van der Waals surface area contributed by atoms with Crippen molar-refractivity contribution in [1.29, 1.82) is 0 Å².